The normalized spacial score (nSPS) is 23.2. The minimum Gasteiger partial charge on any atom is -0.492 e. The van der Waals surface area contributed by atoms with E-state index in [2.05, 4.69) is 10.6 Å². The Hall–Kier alpha value is -1.60. The van der Waals surface area contributed by atoms with Crippen LogP contribution in [0.2, 0.25) is 0 Å². The summed E-state index contributed by atoms with van der Waals surface area (Å²) in [6.45, 7) is 4.29. The van der Waals surface area contributed by atoms with Crippen LogP contribution >= 0.6 is 0 Å². The molecule has 1 aromatic rings. The number of sulfone groups is 1. The van der Waals surface area contributed by atoms with E-state index in [-0.39, 0.29) is 24.0 Å². The highest BCUT2D eigenvalue weighted by Crippen LogP contribution is 2.24. The van der Waals surface area contributed by atoms with Gasteiger partial charge in [-0.15, -0.1) is 0 Å². The van der Waals surface area contributed by atoms with Crippen LogP contribution in [0.15, 0.2) is 24.3 Å². The summed E-state index contributed by atoms with van der Waals surface area (Å²) in [5, 5.41) is 5.83. The van der Waals surface area contributed by atoms with Gasteiger partial charge in [-0.1, -0.05) is 12.1 Å². The van der Waals surface area contributed by atoms with Crippen molar-refractivity contribution >= 4 is 21.4 Å². The first kappa shape index (κ1) is 16.8. The molecule has 2 rings (SSSR count). The van der Waals surface area contributed by atoms with Gasteiger partial charge in [-0.25, -0.2) is 8.42 Å². The predicted molar refractivity (Wildman–Crippen MR) is 85.9 cm³/mol. The average Bonchev–Trinajstić information content (AvgIpc) is 2.74. The maximum Gasteiger partial charge on any atom is 0.238 e. The van der Waals surface area contributed by atoms with Gasteiger partial charge in [-0.3, -0.25) is 4.79 Å². The van der Waals surface area contributed by atoms with E-state index < -0.39 is 15.4 Å². The topological polar surface area (TPSA) is 84.5 Å². The Labute approximate surface area is 131 Å². The number of benzene rings is 1. The van der Waals surface area contributed by atoms with Gasteiger partial charge >= 0.3 is 0 Å². The van der Waals surface area contributed by atoms with Gasteiger partial charge in [0.2, 0.25) is 5.91 Å². The number of hydrogen-bond acceptors (Lipinski definition) is 5. The van der Waals surface area contributed by atoms with Crippen LogP contribution in [-0.2, 0) is 14.6 Å². The zero-order chi connectivity index (χ0) is 16.2. The van der Waals surface area contributed by atoms with Crippen molar-refractivity contribution in [1.82, 2.24) is 5.32 Å². The molecule has 1 amide bonds. The highest BCUT2D eigenvalue weighted by molar-refractivity contribution is 7.91. The Morgan fingerprint density at radius 1 is 1.36 bits per heavy atom. The second-order valence-electron chi connectivity index (χ2n) is 5.73. The smallest absolute Gasteiger partial charge is 0.238 e. The van der Waals surface area contributed by atoms with Gasteiger partial charge in [0.15, 0.2) is 9.84 Å². The van der Waals surface area contributed by atoms with Crippen LogP contribution in [0.3, 0.4) is 0 Å². The van der Waals surface area contributed by atoms with E-state index in [1.165, 1.54) is 0 Å². The van der Waals surface area contributed by atoms with Crippen LogP contribution in [0.25, 0.3) is 0 Å². The molecular weight excluding hydrogens is 304 g/mol. The van der Waals surface area contributed by atoms with Crippen LogP contribution in [0, 0.1) is 0 Å². The van der Waals surface area contributed by atoms with Crippen molar-refractivity contribution in [3.8, 4) is 5.75 Å². The third kappa shape index (κ3) is 4.45. The summed E-state index contributed by atoms with van der Waals surface area (Å²) in [6.07, 6.45) is 0.526. The number of ether oxygens (including phenoxy) is 1. The zero-order valence-electron chi connectivity index (χ0n) is 12.9. The molecule has 0 aliphatic carbocycles. The number of rotatable bonds is 6. The molecular formula is C15H22N2O4S. The third-order valence-electron chi connectivity index (χ3n) is 3.64. The van der Waals surface area contributed by atoms with Gasteiger partial charge in [-0.05, 0) is 32.4 Å². The molecule has 6 nitrogen and oxygen atoms in total. The molecule has 22 heavy (non-hydrogen) atoms. The van der Waals surface area contributed by atoms with Crippen LogP contribution in [0.5, 0.6) is 5.75 Å². The number of carbonyl (C=O) groups is 1. The third-order valence-corrected chi connectivity index (χ3v) is 5.54. The summed E-state index contributed by atoms with van der Waals surface area (Å²) < 4.78 is 28.5. The first-order chi connectivity index (χ1) is 10.3. The van der Waals surface area contributed by atoms with Crippen molar-refractivity contribution in [3.63, 3.8) is 0 Å². The Balaban J connectivity index is 1.91. The van der Waals surface area contributed by atoms with E-state index in [0.717, 1.165) is 0 Å². The maximum atomic E-state index is 12.1. The highest BCUT2D eigenvalue weighted by Gasteiger charge is 2.38. The van der Waals surface area contributed by atoms with Gasteiger partial charge in [-0.2, -0.15) is 0 Å². The van der Waals surface area contributed by atoms with E-state index in [9.17, 15) is 13.2 Å². The molecule has 1 aliphatic heterocycles. The molecule has 0 radical (unpaired) electrons. The summed E-state index contributed by atoms with van der Waals surface area (Å²) >= 11 is 0. The quantitative estimate of drug-likeness (QED) is 0.820. The SMILES string of the molecule is CCOc1ccccc1NC(=O)CNC1(C)CCS(=O)(=O)C1. The fourth-order valence-electron chi connectivity index (χ4n) is 2.49. The number of amides is 1. The largest absolute Gasteiger partial charge is 0.492 e. The molecule has 1 fully saturated rings. The van der Waals surface area contributed by atoms with E-state index in [1.54, 1.807) is 12.1 Å². The lowest BCUT2D eigenvalue weighted by atomic mass is 10.0. The van der Waals surface area contributed by atoms with E-state index in [0.29, 0.717) is 24.5 Å². The first-order valence-electron chi connectivity index (χ1n) is 7.31. The minimum atomic E-state index is -2.99. The van der Waals surface area contributed by atoms with E-state index >= 15 is 0 Å². The summed E-state index contributed by atoms with van der Waals surface area (Å²) in [7, 11) is -2.99. The highest BCUT2D eigenvalue weighted by atomic mass is 32.2. The Bertz CT molecular complexity index is 645. The second-order valence-corrected chi connectivity index (χ2v) is 7.92. The van der Waals surface area contributed by atoms with Crippen LogP contribution in [0.4, 0.5) is 5.69 Å². The monoisotopic (exact) mass is 326 g/mol. The Morgan fingerprint density at radius 3 is 2.73 bits per heavy atom. The van der Waals surface area contributed by atoms with Crippen molar-refractivity contribution in [3.05, 3.63) is 24.3 Å². The number of nitrogens with one attached hydrogen (secondary N) is 2. The van der Waals surface area contributed by atoms with Crippen LogP contribution in [-0.4, -0.2) is 44.5 Å². The molecule has 122 valence electrons. The van der Waals surface area contributed by atoms with Crippen LogP contribution < -0.4 is 15.4 Å². The lowest BCUT2D eigenvalue weighted by molar-refractivity contribution is -0.115. The molecule has 1 aromatic carbocycles. The molecule has 1 atom stereocenters. The number of carbonyl (C=O) groups excluding carboxylic acids is 1. The molecule has 7 heteroatoms. The van der Waals surface area contributed by atoms with Crippen LogP contribution in [0.1, 0.15) is 20.3 Å². The Morgan fingerprint density at radius 2 is 2.09 bits per heavy atom. The molecule has 1 saturated heterocycles. The zero-order valence-corrected chi connectivity index (χ0v) is 13.7. The molecule has 1 aliphatic rings. The molecule has 2 N–H and O–H groups in total. The fraction of sp³-hybridized carbons (Fsp3) is 0.533. The number of anilines is 1. The first-order valence-corrected chi connectivity index (χ1v) is 9.13. The number of hydrogen-bond donors (Lipinski definition) is 2. The fourth-order valence-corrected chi connectivity index (χ4v) is 4.61. The lowest BCUT2D eigenvalue weighted by Gasteiger charge is -2.23. The minimum absolute atomic E-state index is 0.0620. The summed E-state index contributed by atoms with van der Waals surface area (Å²) in [4.78, 5) is 12.1. The van der Waals surface area contributed by atoms with Crippen molar-refractivity contribution in [2.45, 2.75) is 25.8 Å². The molecule has 0 spiro atoms. The molecule has 0 saturated carbocycles. The molecule has 1 heterocycles. The van der Waals surface area contributed by atoms with Gasteiger partial charge < -0.3 is 15.4 Å². The van der Waals surface area contributed by atoms with Gasteiger partial charge in [0.1, 0.15) is 5.75 Å². The predicted octanol–water partition coefficient (Wildman–Crippen LogP) is 1.19. The average molecular weight is 326 g/mol. The molecule has 0 bridgehead atoms. The van der Waals surface area contributed by atoms with Crippen molar-refractivity contribution < 1.29 is 17.9 Å². The van der Waals surface area contributed by atoms with E-state index in [4.69, 9.17) is 4.74 Å². The van der Waals surface area contributed by atoms with Gasteiger partial charge in [0.25, 0.3) is 0 Å². The molecule has 1 unspecified atom stereocenters. The summed E-state index contributed by atoms with van der Waals surface area (Å²) in [5.74, 6) is 0.638. The molecule has 0 aromatic heterocycles. The maximum absolute atomic E-state index is 12.1. The van der Waals surface area contributed by atoms with E-state index in [1.807, 2.05) is 26.0 Å². The van der Waals surface area contributed by atoms with Crippen molar-refractivity contribution in [2.24, 2.45) is 0 Å². The Kier molecular flexibility index (Phi) is 5.08. The number of para-hydroxylation sites is 2. The lowest BCUT2D eigenvalue weighted by Crippen LogP contribution is -2.46. The van der Waals surface area contributed by atoms with Crippen molar-refractivity contribution in [2.75, 3.05) is 30.0 Å². The standard InChI is InChI=1S/C15H22N2O4S/c1-3-21-13-7-5-4-6-12(13)17-14(18)10-16-15(2)8-9-22(19,20)11-15/h4-7,16H,3,8-11H2,1-2H3,(H,17,18). The van der Waals surface area contributed by atoms with Gasteiger partial charge in [0, 0.05) is 5.54 Å². The summed E-state index contributed by atoms with van der Waals surface area (Å²) in [6, 6.07) is 7.21. The van der Waals surface area contributed by atoms with Gasteiger partial charge in [0.05, 0.1) is 30.3 Å². The second kappa shape index (κ2) is 6.66. The summed E-state index contributed by atoms with van der Waals surface area (Å²) in [5.41, 5.74) is 0.0793. The van der Waals surface area contributed by atoms with Crippen molar-refractivity contribution in [1.29, 1.82) is 0 Å².